The van der Waals surface area contributed by atoms with Crippen molar-refractivity contribution in [1.82, 2.24) is 14.8 Å². The molecule has 1 saturated heterocycles. The molecule has 1 aromatic heterocycles. The Kier molecular flexibility index (Phi) is 12.3. The van der Waals surface area contributed by atoms with Gasteiger partial charge in [0, 0.05) is 43.6 Å². The highest BCUT2D eigenvalue weighted by atomic mass is 35.5. The molecular formula is C30H33Cl2F6N3O. The Morgan fingerprint density at radius 3 is 2.12 bits per heavy atom. The van der Waals surface area contributed by atoms with E-state index < -0.39 is 41.0 Å². The molecule has 42 heavy (non-hydrogen) atoms. The van der Waals surface area contributed by atoms with E-state index in [1.54, 1.807) is 6.20 Å². The minimum absolute atomic E-state index is 0. The normalized spacial score (nSPS) is 16.0. The van der Waals surface area contributed by atoms with E-state index >= 15 is 0 Å². The molecule has 0 aliphatic carbocycles. The molecule has 2 aromatic carbocycles. The predicted molar refractivity (Wildman–Crippen MR) is 154 cm³/mol. The third-order valence-electron chi connectivity index (χ3n) is 7.37. The molecule has 1 atom stereocenters. The highest BCUT2D eigenvalue weighted by Gasteiger charge is 2.39. The van der Waals surface area contributed by atoms with Gasteiger partial charge in [0.05, 0.1) is 11.1 Å². The van der Waals surface area contributed by atoms with Gasteiger partial charge in [0.15, 0.2) is 0 Å². The largest absolute Gasteiger partial charge is 0.416 e. The van der Waals surface area contributed by atoms with Crippen LogP contribution in [0.2, 0.25) is 0 Å². The molecule has 1 fully saturated rings. The van der Waals surface area contributed by atoms with Gasteiger partial charge < -0.3 is 4.90 Å². The van der Waals surface area contributed by atoms with E-state index in [4.69, 9.17) is 0 Å². The Bertz CT molecular complexity index is 1300. The predicted octanol–water partition coefficient (Wildman–Crippen LogP) is 7.58. The first kappa shape index (κ1) is 35.4. The average molecular weight is 637 g/mol. The maximum absolute atomic E-state index is 13.6. The summed E-state index contributed by atoms with van der Waals surface area (Å²) in [5, 5.41) is 0. The summed E-state index contributed by atoms with van der Waals surface area (Å²) >= 11 is 0. The number of aryl methyl sites for hydroxylation is 3. The summed E-state index contributed by atoms with van der Waals surface area (Å²) in [6, 6.07) is 10.4. The number of halogens is 8. The van der Waals surface area contributed by atoms with Crippen molar-refractivity contribution in [1.29, 1.82) is 0 Å². The van der Waals surface area contributed by atoms with Crippen LogP contribution in [0.25, 0.3) is 0 Å². The van der Waals surface area contributed by atoms with Crippen LogP contribution in [0.1, 0.15) is 50.2 Å². The summed E-state index contributed by atoms with van der Waals surface area (Å²) in [5.41, 5.74) is 0.609. The zero-order chi connectivity index (χ0) is 29.1. The Morgan fingerprint density at radius 2 is 1.55 bits per heavy atom. The van der Waals surface area contributed by atoms with Crippen LogP contribution in [0.15, 0.2) is 60.9 Å². The number of piperazine rings is 1. The zero-order valence-electron chi connectivity index (χ0n) is 23.1. The van der Waals surface area contributed by atoms with Gasteiger partial charge in [0.1, 0.15) is 0 Å². The maximum atomic E-state index is 13.6. The second kappa shape index (κ2) is 14.6. The number of carbonyl (C=O) groups excluding carboxylic acids is 1. The van der Waals surface area contributed by atoms with E-state index in [0.717, 1.165) is 41.6 Å². The van der Waals surface area contributed by atoms with Crippen LogP contribution in [0, 0.1) is 13.8 Å². The number of pyridine rings is 1. The third-order valence-corrected chi connectivity index (χ3v) is 7.37. The van der Waals surface area contributed by atoms with Crippen molar-refractivity contribution in [3.8, 4) is 0 Å². The van der Waals surface area contributed by atoms with E-state index in [9.17, 15) is 31.1 Å². The van der Waals surface area contributed by atoms with E-state index in [0.29, 0.717) is 31.6 Å². The van der Waals surface area contributed by atoms with Crippen LogP contribution in [-0.4, -0.2) is 52.9 Å². The molecule has 0 bridgehead atoms. The summed E-state index contributed by atoms with van der Waals surface area (Å²) in [4.78, 5) is 21.3. The van der Waals surface area contributed by atoms with Crippen molar-refractivity contribution in [2.24, 2.45) is 0 Å². The molecule has 1 aliphatic heterocycles. The number of nitrogens with zero attached hydrogens (tertiary/aromatic N) is 3. The second-order valence-corrected chi connectivity index (χ2v) is 10.3. The van der Waals surface area contributed by atoms with Crippen molar-refractivity contribution < 1.29 is 31.1 Å². The molecule has 2 heterocycles. The van der Waals surface area contributed by atoms with Gasteiger partial charge in [-0.1, -0.05) is 24.3 Å². The Morgan fingerprint density at radius 1 is 0.881 bits per heavy atom. The molecule has 0 radical (unpaired) electrons. The smallest absolute Gasteiger partial charge is 0.333 e. The fourth-order valence-electron chi connectivity index (χ4n) is 5.06. The monoisotopic (exact) mass is 635 g/mol. The summed E-state index contributed by atoms with van der Waals surface area (Å²) in [6.07, 6.45) is -4.44. The lowest BCUT2D eigenvalue weighted by molar-refractivity contribution is -0.143. The number of hydrogen-bond acceptors (Lipinski definition) is 3. The number of rotatable bonds is 7. The molecule has 0 unspecified atom stereocenters. The standard InChI is InChI=1S/C30H31F6N3O.2ClH/c1-20-7-8-23(13-21(20)2)14-27-19-38(10-4-6-22-5-3-9-37-18-22)11-12-39(27)28(40)24-15-25(29(31,32)33)17-26(16-24)30(34,35)36;;/h3,5,7-9,13,15-18,27H,4,6,10-12,14,19H2,1-2H3;2*1H/t27-;;/m1../s1. The fourth-order valence-corrected chi connectivity index (χ4v) is 5.06. The van der Waals surface area contributed by atoms with Gasteiger partial charge in [0.25, 0.3) is 5.91 Å². The molecule has 1 amide bonds. The minimum atomic E-state index is -5.03. The van der Waals surface area contributed by atoms with Gasteiger partial charge in [0.2, 0.25) is 0 Å². The van der Waals surface area contributed by atoms with Gasteiger partial charge in [-0.05, 0) is 86.2 Å². The Labute approximate surface area is 253 Å². The first-order valence-electron chi connectivity index (χ1n) is 13.1. The summed E-state index contributed by atoms with van der Waals surface area (Å²) in [5.74, 6) is -0.833. The van der Waals surface area contributed by atoms with E-state index in [1.165, 1.54) is 4.90 Å². The molecule has 230 valence electrons. The molecule has 1 aliphatic rings. The van der Waals surface area contributed by atoms with Crippen molar-refractivity contribution >= 4 is 30.7 Å². The van der Waals surface area contributed by atoms with Crippen LogP contribution >= 0.6 is 24.8 Å². The number of hydrogen-bond donors (Lipinski definition) is 0. The molecule has 12 heteroatoms. The van der Waals surface area contributed by atoms with Crippen molar-refractivity contribution in [2.45, 2.75) is 51.5 Å². The van der Waals surface area contributed by atoms with Gasteiger partial charge in [-0.15, -0.1) is 24.8 Å². The summed E-state index contributed by atoms with van der Waals surface area (Å²) in [7, 11) is 0. The number of alkyl halides is 6. The van der Waals surface area contributed by atoms with Crippen molar-refractivity contribution in [2.75, 3.05) is 26.2 Å². The van der Waals surface area contributed by atoms with Crippen LogP contribution in [0.4, 0.5) is 26.3 Å². The third kappa shape index (κ3) is 9.09. The van der Waals surface area contributed by atoms with E-state index in [1.807, 2.05) is 50.4 Å². The Balaban J connectivity index is 0.00000308. The van der Waals surface area contributed by atoms with Gasteiger partial charge in [-0.2, -0.15) is 26.3 Å². The lowest BCUT2D eigenvalue weighted by Crippen LogP contribution is -2.56. The molecule has 0 spiro atoms. The van der Waals surface area contributed by atoms with Crippen LogP contribution in [0.5, 0.6) is 0 Å². The number of aromatic nitrogens is 1. The van der Waals surface area contributed by atoms with Gasteiger partial charge in [-0.3, -0.25) is 14.7 Å². The molecule has 0 N–H and O–H groups in total. The number of amides is 1. The quantitative estimate of drug-likeness (QED) is 0.251. The van der Waals surface area contributed by atoms with Crippen LogP contribution in [0.3, 0.4) is 0 Å². The molecule has 0 saturated carbocycles. The highest BCUT2D eigenvalue weighted by Crippen LogP contribution is 2.37. The number of carbonyl (C=O) groups is 1. The first-order valence-corrected chi connectivity index (χ1v) is 13.1. The summed E-state index contributed by atoms with van der Waals surface area (Å²) < 4.78 is 80.8. The van der Waals surface area contributed by atoms with E-state index in [2.05, 4.69) is 9.88 Å². The molecule has 4 rings (SSSR count). The van der Waals surface area contributed by atoms with E-state index in [-0.39, 0.29) is 37.4 Å². The summed E-state index contributed by atoms with van der Waals surface area (Å²) in [6.45, 7) is 5.80. The SMILES string of the molecule is Cc1ccc(C[C@@H]2CN(CCCc3cccnc3)CCN2C(=O)c2cc(C(F)(F)F)cc(C(F)(F)F)c2)cc1C.Cl.Cl. The zero-order valence-corrected chi connectivity index (χ0v) is 24.8. The van der Waals surface area contributed by atoms with Gasteiger partial charge >= 0.3 is 12.4 Å². The Hall–Kier alpha value is -2.82. The fraction of sp³-hybridized carbons (Fsp3) is 0.400. The van der Waals surface area contributed by atoms with Crippen LogP contribution < -0.4 is 0 Å². The van der Waals surface area contributed by atoms with Crippen molar-refractivity contribution in [3.05, 3.63) is 99.9 Å². The first-order chi connectivity index (χ1) is 18.8. The van der Waals surface area contributed by atoms with Crippen LogP contribution in [-0.2, 0) is 25.2 Å². The molecule has 4 nitrogen and oxygen atoms in total. The van der Waals surface area contributed by atoms with Gasteiger partial charge in [-0.25, -0.2) is 0 Å². The van der Waals surface area contributed by atoms with Crippen molar-refractivity contribution in [3.63, 3.8) is 0 Å². The second-order valence-electron chi connectivity index (χ2n) is 10.3. The topological polar surface area (TPSA) is 36.4 Å². The minimum Gasteiger partial charge on any atom is -0.333 e. The lowest BCUT2D eigenvalue weighted by Gasteiger charge is -2.42. The lowest BCUT2D eigenvalue weighted by atomic mass is 9.97. The number of benzene rings is 2. The molecular weight excluding hydrogens is 603 g/mol. The highest BCUT2D eigenvalue weighted by molar-refractivity contribution is 5.95. The maximum Gasteiger partial charge on any atom is 0.416 e. The average Bonchev–Trinajstić information content (AvgIpc) is 2.90. The molecule has 3 aromatic rings.